The summed E-state index contributed by atoms with van der Waals surface area (Å²) in [4.78, 5) is 37.3. The fourth-order valence-electron chi connectivity index (χ4n) is 4.52. The highest BCUT2D eigenvalue weighted by molar-refractivity contribution is 5.88. The monoisotopic (exact) mass is 380 g/mol. The molecule has 0 bridgehead atoms. The number of hydrogen-bond donors (Lipinski definition) is 1. The smallest absolute Gasteiger partial charge is 0.245 e. The molecule has 0 aliphatic carbocycles. The second kappa shape index (κ2) is 8.59. The van der Waals surface area contributed by atoms with Gasteiger partial charge >= 0.3 is 0 Å². The second-order valence-corrected chi connectivity index (χ2v) is 7.75. The Morgan fingerprint density at radius 3 is 2.64 bits per heavy atom. The quantitative estimate of drug-likeness (QED) is 0.837. The fraction of sp³-hybridized carbons (Fsp3) is 0.500. The molecule has 2 saturated heterocycles. The van der Waals surface area contributed by atoms with E-state index >= 15 is 0 Å². The highest BCUT2D eigenvalue weighted by atomic mass is 16.2. The van der Waals surface area contributed by atoms with Crippen molar-refractivity contribution in [2.24, 2.45) is 0 Å². The average Bonchev–Trinajstić information content (AvgIpc) is 3.49. The zero-order valence-corrected chi connectivity index (χ0v) is 16.2. The van der Waals surface area contributed by atoms with Crippen LogP contribution in [0.5, 0.6) is 0 Å². The van der Waals surface area contributed by atoms with E-state index in [0.29, 0.717) is 13.0 Å². The van der Waals surface area contributed by atoms with E-state index < -0.39 is 0 Å². The third-order valence-electron chi connectivity index (χ3n) is 5.93. The summed E-state index contributed by atoms with van der Waals surface area (Å²) >= 11 is 0. The molecule has 3 heterocycles. The van der Waals surface area contributed by atoms with Crippen LogP contribution in [-0.2, 0) is 16.0 Å². The Hall–Kier alpha value is -2.63. The fourth-order valence-corrected chi connectivity index (χ4v) is 4.52. The Morgan fingerprint density at radius 1 is 1.07 bits per heavy atom. The minimum absolute atomic E-state index is 0.0122. The molecule has 148 valence electrons. The molecule has 28 heavy (non-hydrogen) atoms. The standard InChI is InChI=1S/C22H28N4O2/c27-20(12-4-9-17-7-2-1-3-8-17)25-15-6-11-19(25)22(28)26-16-5-10-18(26)21-23-13-14-24-21/h1-3,7-8,13-14,18-19H,4-6,9-12,15-16H2,(H,23,24). The van der Waals surface area contributed by atoms with E-state index in [-0.39, 0.29) is 23.9 Å². The van der Waals surface area contributed by atoms with E-state index in [2.05, 4.69) is 22.1 Å². The molecule has 6 nitrogen and oxygen atoms in total. The Labute approximate surface area is 165 Å². The molecule has 2 aliphatic rings. The summed E-state index contributed by atoms with van der Waals surface area (Å²) in [6.45, 7) is 1.44. The molecular formula is C22H28N4O2. The number of H-pyrrole nitrogens is 1. The van der Waals surface area contributed by atoms with E-state index in [0.717, 1.165) is 50.9 Å². The predicted octanol–water partition coefficient (Wildman–Crippen LogP) is 3.09. The van der Waals surface area contributed by atoms with Crippen molar-refractivity contribution in [3.63, 3.8) is 0 Å². The summed E-state index contributed by atoms with van der Waals surface area (Å²) in [6, 6.07) is 9.95. The van der Waals surface area contributed by atoms with Gasteiger partial charge in [-0.3, -0.25) is 9.59 Å². The van der Waals surface area contributed by atoms with Gasteiger partial charge in [0.25, 0.3) is 0 Å². The van der Waals surface area contributed by atoms with Gasteiger partial charge in [0.1, 0.15) is 11.9 Å². The van der Waals surface area contributed by atoms with Crippen molar-refractivity contribution in [2.45, 2.75) is 57.0 Å². The molecule has 2 unspecified atom stereocenters. The topological polar surface area (TPSA) is 69.3 Å². The summed E-state index contributed by atoms with van der Waals surface area (Å²) in [5.74, 6) is 1.05. The van der Waals surface area contributed by atoms with Crippen LogP contribution in [-0.4, -0.2) is 50.7 Å². The lowest BCUT2D eigenvalue weighted by molar-refractivity contribution is -0.144. The number of hydrogen-bond acceptors (Lipinski definition) is 3. The first-order valence-corrected chi connectivity index (χ1v) is 10.4. The Bertz CT molecular complexity index is 790. The number of amides is 2. The minimum Gasteiger partial charge on any atom is -0.347 e. The molecular weight excluding hydrogens is 352 g/mol. The number of imidazole rings is 1. The number of likely N-dealkylation sites (tertiary alicyclic amines) is 2. The second-order valence-electron chi connectivity index (χ2n) is 7.75. The molecule has 1 aromatic heterocycles. The van der Waals surface area contributed by atoms with Gasteiger partial charge in [-0.2, -0.15) is 0 Å². The number of rotatable bonds is 6. The van der Waals surface area contributed by atoms with Gasteiger partial charge in [-0.1, -0.05) is 30.3 Å². The number of carbonyl (C=O) groups is 2. The summed E-state index contributed by atoms with van der Waals surface area (Å²) < 4.78 is 0. The number of nitrogens with one attached hydrogen (secondary N) is 1. The highest BCUT2D eigenvalue weighted by Gasteiger charge is 2.40. The van der Waals surface area contributed by atoms with Crippen LogP contribution in [0.25, 0.3) is 0 Å². The van der Waals surface area contributed by atoms with Gasteiger partial charge in [-0.15, -0.1) is 0 Å². The molecule has 4 rings (SSSR count). The Balaban J connectivity index is 1.36. The molecule has 2 amide bonds. The van der Waals surface area contributed by atoms with E-state index in [4.69, 9.17) is 0 Å². The molecule has 2 fully saturated rings. The van der Waals surface area contributed by atoms with Crippen LogP contribution in [0.3, 0.4) is 0 Å². The first-order valence-electron chi connectivity index (χ1n) is 10.4. The third-order valence-corrected chi connectivity index (χ3v) is 5.93. The van der Waals surface area contributed by atoms with E-state index in [9.17, 15) is 9.59 Å². The molecule has 1 N–H and O–H groups in total. The third kappa shape index (κ3) is 3.96. The van der Waals surface area contributed by atoms with Crippen LogP contribution in [0.2, 0.25) is 0 Å². The number of carbonyl (C=O) groups excluding carboxylic acids is 2. The highest BCUT2D eigenvalue weighted by Crippen LogP contribution is 2.32. The molecule has 0 radical (unpaired) electrons. The Kier molecular flexibility index (Phi) is 5.74. The van der Waals surface area contributed by atoms with Gasteiger partial charge in [0.15, 0.2) is 0 Å². The van der Waals surface area contributed by atoms with Crippen molar-refractivity contribution in [3.05, 3.63) is 54.1 Å². The SMILES string of the molecule is O=C(CCCc1ccccc1)N1CCCC1C(=O)N1CCCC1c1ncc[nH]1. The van der Waals surface area contributed by atoms with Gasteiger partial charge in [-0.05, 0) is 44.1 Å². The zero-order valence-electron chi connectivity index (χ0n) is 16.2. The van der Waals surface area contributed by atoms with Crippen molar-refractivity contribution in [2.75, 3.05) is 13.1 Å². The first-order chi connectivity index (χ1) is 13.7. The zero-order chi connectivity index (χ0) is 19.3. The molecule has 6 heteroatoms. The van der Waals surface area contributed by atoms with Gasteiger partial charge in [-0.25, -0.2) is 4.98 Å². The molecule has 2 aliphatic heterocycles. The Morgan fingerprint density at radius 2 is 1.86 bits per heavy atom. The van der Waals surface area contributed by atoms with Gasteiger partial charge in [0.2, 0.25) is 11.8 Å². The van der Waals surface area contributed by atoms with Crippen molar-refractivity contribution >= 4 is 11.8 Å². The number of aromatic nitrogens is 2. The largest absolute Gasteiger partial charge is 0.347 e. The maximum atomic E-state index is 13.3. The predicted molar refractivity (Wildman–Crippen MR) is 106 cm³/mol. The van der Waals surface area contributed by atoms with E-state index in [1.807, 2.05) is 28.0 Å². The minimum atomic E-state index is -0.306. The lowest BCUT2D eigenvalue weighted by atomic mass is 10.1. The molecule has 0 spiro atoms. The summed E-state index contributed by atoms with van der Waals surface area (Å²) in [5.41, 5.74) is 1.25. The van der Waals surface area contributed by atoms with Crippen molar-refractivity contribution in [1.82, 2.24) is 19.8 Å². The maximum absolute atomic E-state index is 13.3. The summed E-state index contributed by atoms with van der Waals surface area (Å²) in [6.07, 6.45) is 9.32. The maximum Gasteiger partial charge on any atom is 0.245 e. The van der Waals surface area contributed by atoms with Crippen molar-refractivity contribution in [3.8, 4) is 0 Å². The van der Waals surface area contributed by atoms with Crippen LogP contribution in [0.4, 0.5) is 0 Å². The van der Waals surface area contributed by atoms with Crippen LogP contribution in [0.1, 0.15) is 56.0 Å². The number of nitrogens with zero attached hydrogens (tertiary/aromatic N) is 3. The van der Waals surface area contributed by atoms with Crippen LogP contribution >= 0.6 is 0 Å². The van der Waals surface area contributed by atoms with Crippen molar-refractivity contribution in [1.29, 1.82) is 0 Å². The normalized spacial score (nSPS) is 22.0. The van der Waals surface area contributed by atoms with E-state index in [1.54, 1.807) is 12.4 Å². The van der Waals surface area contributed by atoms with Crippen LogP contribution in [0.15, 0.2) is 42.7 Å². The number of aryl methyl sites for hydroxylation is 1. The average molecular weight is 380 g/mol. The van der Waals surface area contributed by atoms with Gasteiger partial charge in [0, 0.05) is 31.9 Å². The first kappa shape index (κ1) is 18.7. The molecule has 0 saturated carbocycles. The molecule has 2 aromatic rings. The lowest BCUT2D eigenvalue weighted by Gasteiger charge is -2.31. The summed E-state index contributed by atoms with van der Waals surface area (Å²) in [7, 11) is 0. The summed E-state index contributed by atoms with van der Waals surface area (Å²) in [5, 5.41) is 0. The van der Waals surface area contributed by atoms with Crippen LogP contribution < -0.4 is 0 Å². The lowest BCUT2D eigenvalue weighted by Crippen LogP contribution is -2.47. The molecule has 2 atom stereocenters. The molecule has 1 aromatic carbocycles. The van der Waals surface area contributed by atoms with E-state index in [1.165, 1.54) is 5.56 Å². The van der Waals surface area contributed by atoms with Gasteiger partial charge in [0.05, 0.1) is 6.04 Å². The number of aromatic amines is 1. The van der Waals surface area contributed by atoms with Crippen LogP contribution in [0, 0.1) is 0 Å². The van der Waals surface area contributed by atoms with Crippen molar-refractivity contribution < 1.29 is 9.59 Å². The van der Waals surface area contributed by atoms with Gasteiger partial charge < -0.3 is 14.8 Å². The number of benzene rings is 1.